The van der Waals surface area contributed by atoms with Crippen LogP contribution in [0, 0.1) is 3.83 Å². The Hall–Kier alpha value is -3.66. The van der Waals surface area contributed by atoms with Gasteiger partial charge in [-0.1, -0.05) is 54.6 Å². The van der Waals surface area contributed by atoms with Crippen molar-refractivity contribution in [3.8, 4) is 11.3 Å². The van der Waals surface area contributed by atoms with Gasteiger partial charge in [0.2, 0.25) is 0 Å². The van der Waals surface area contributed by atoms with Gasteiger partial charge in [0.15, 0.2) is 9.48 Å². The van der Waals surface area contributed by atoms with Gasteiger partial charge in [0.05, 0.1) is 23.0 Å². The predicted octanol–water partition coefficient (Wildman–Crippen LogP) is 4.80. The van der Waals surface area contributed by atoms with E-state index in [1.165, 1.54) is 0 Å². The summed E-state index contributed by atoms with van der Waals surface area (Å²) in [5, 5.41) is 7.86. The molecule has 1 aliphatic rings. The highest BCUT2D eigenvalue weighted by Crippen LogP contribution is 2.41. The molecule has 1 N–H and O–H groups in total. The Kier molecular flexibility index (Phi) is 5.52. The quantitative estimate of drug-likeness (QED) is 0.185. The lowest BCUT2D eigenvalue weighted by Gasteiger charge is -2.26. The highest BCUT2D eigenvalue weighted by atomic mass is 127. The van der Waals surface area contributed by atoms with Gasteiger partial charge in [-0.15, -0.1) is 0 Å². The number of H-pyrrole nitrogens is 1. The first kappa shape index (κ1) is 21.8. The van der Waals surface area contributed by atoms with Crippen molar-refractivity contribution < 1.29 is 9.53 Å². The predicted molar refractivity (Wildman–Crippen MR) is 139 cm³/mol. The Bertz CT molecular complexity index is 1530. The Balaban J connectivity index is 1.42. The molecule has 6 rings (SSSR count). The largest absolute Gasteiger partial charge is 0.460 e. The zero-order valence-electron chi connectivity index (χ0n) is 18.6. The first-order chi connectivity index (χ1) is 17.1. The van der Waals surface area contributed by atoms with Gasteiger partial charge >= 0.3 is 5.97 Å². The van der Waals surface area contributed by atoms with Crippen molar-refractivity contribution >= 4 is 39.6 Å². The summed E-state index contributed by atoms with van der Waals surface area (Å²) >= 11 is 2.10. The number of ether oxygens (including phenoxy) is 1. The lowest BCUT2D eigenvalue weighted by molar-refractivity contribution is -0.152. The molecule has 0 unspecified atom stereocenters. The third-order valence-electron chi connectivity index (χ3n) is 6.51. The summed E-state index contributed by atoms with van der Waals surface area (Å²) < 4.78 is 6.51. The standard InChI is InChI=1S/C27H20IN5O2/c28-26-31-23(21-15-30-33-24(21)32-26)18-10-11-29-22(12-18)27(13-19-8-4-5-9-20(19)14-27)25(34)35-16-17-6-2-1-3-7-17/h1-12,15H,13-14,16H2,(H,30,31,32,33). The third-order valence-corrected chi connectivity index (χ3v) is 6.99. The maximum Gasteiger partial charge on any atom is 0.319 e. The molecule has 7 nitrogen and oxygen atoms in total. The molecule has 0 atom stereocenters. The van der Waals surface area contributed by atoms with Crippen LogP contribution in [0.2, 0.25) is 0 Å². The molecule has 2 aromatic carbocycles. The number of aromatic nitrogens is 5. The van der Waals surface area contributed by atoms with E-state index >= 15 is 0 Å². The van der Waals surface area contributed by atoms with Gasteiger partial charge in [0, 0.05) is 34.4 Å². The van der Waals surface area contributed by atoms with E-state index in [1.54, 1.807) is 12.4 Å². The summed E-state index contributed by atoms with van der Waals surface area (Å²) in [7, 11) is 0. The maximum absolute atomic E-state index is 13.8. The minimum Gasteiger partial charge on any atom is -0.460 e. The molecule has 172 valence electrons. The Morgan fingerprint density at radius 2 is 1.74 bits per heavy atom. The van der Waals surface area contributed by atoms with E-state index in [0.29, 0.717) is 28.0 Å². The second-order valence-electron chi connectivity index (χ2n) is 8.67. The van der Waals surface area contributed by atoms with Crippen LogP contribution in [0.5, 0.6) is 0 Å². The Morgan fingerprint density at radius 1 is 1.00 bits per heavy atom. The lowest BCUT2D eigenvalue weighted by Crippen LogP contribution is -2.39. The molecule has 0 saturated carbocycles. The minimum atomic E-state index is -0.913. The molecule has 5 aromatic rings. The van der Waals surface area contributed by atoms with Gasteiger partial charge in [-0.3, -0.25) is 14.9 Å². The summed E-state index contributed by atoms with van der Waals surface area (Å²) in [6, 6.07) is 21.8. The van der Waals surface area contributed by atoms with Gasteiger partial charge < -0.3 is 4.74 Å². The number of nitrogens with zero attached hydrogens (tertiary/aromatic N) is 4. The van der Waals surface area contributed by atoms with Gasteiger partial charge in [-0.2, -0.15) is 5.10 Å². The van der Waals surface area contributed by atoms with Crippen molar-refractivity contribution in [3.05, 3.63) is 105 Å². The van der Waals surface area contributed by atoms with Crippen LogP contribution in [0.3, 0.4) is 0 Å². The van der Waals surface area contributed by atoms with Crippen LogP contribution >= 0.6 is 22.6 Å². The normalized spacial score (nSPS) is 14.1. The summed E-state index contributed by atoms with van der Waals surface area (Å²) in [5.74, 6) is -0.270. The summed E-state index contributed by atoms with van der Waals surface area (Å²) in [5.41, 5.74) is 5.27. The SMILES string of the molecule is O=C(OCc1ccccc1)C1(c2cc(-c3nc(I)nc4[nH]ncc34)ccn2)Cc2ccccc2C1. The van der Waals surface area contributed by atoms with Crippen molar-refractivity contribution in [3.63, 3.8) is 0 Å². The van der Waals surface area contributed by atoms with Crippen LogP contribution in [0.1, 0.15) is 22.4 Å². The summed E-state index contributed by atoms with van der Waals surface area (Å²) in [6.45, 7) is 0.219. The van der Waals surface area contributed by atoms with Crippen molar-refractivity contribution in [1.29, 1.82) is 0 Å². The zero-order valence-corrected chi connectivity index (χ0v) is 20.8. The molecule has 0 spiro atoms. The van der Waals surface area contributed by atoms with Crippen molar-refractivity contribution in [2.75, 3.05) is 0 Å². The fourth-order valence-electron chi connectivity index (χ4n) is 4.77. The number of aromatic amines is 1. The summed E-state index contributed by atoms with van der Waals surface area (Å²) in [4.78, 5) is 27.6. The van der Waals surface area contributed by atoms with Gasteiger partial charge in [-0.05, 0) is 41.7 Å². The average Bonchev–Trinajstić information content (AvgIpc) is 3.53. The molecule has 0 bridgehead atoms. The van der Waals surface area contributed by atoms with Crippen molar-refractivity contribution in [1.82, 2.24) is 25.1 Å². The molecule has 1 aliphatic carbocycles. The molecular formula is C27H20IN5O2. The molecule has 3 aromatic heterocycles. The van der Waals surface area contributed by atoms with E-state index in [9.17, 15) is 4.79 Å². The monoisotopic (exact) mass is 573 g/mol. The minimum absolute atomic E-state index is 0.219. The molecule has 0 saturated heterocycles. The molecule has 0 fully saturated rings. The maximum atomic E-state index is 13.8. The van der Waals surface area contributed by atoms with E-state index in [4.69, 9.17) is 9.72 Å². The fourth-order valence-corrected chi connectivity index (χ4v) is 5.26. The lowest BCUT2D eigenvalue weighted by atomic mass is 9.80. The van der Waals surface area contributed by atoms with Crippen LogP contribution in [-0.4, -0.2) is 31.1 Å². The highest BCUT2D eigenvalue weighted by molar-refractivity contribution is 14.1. The van der Waals surface area contributed by atoms with E-state index in [2.05, 4.69) is 54.9 Å². The van der Waals surface area contributed by atoms with E-state index in [-0.39, 0.29) is 12.6 Å². The second kappa shape index (κ2) is 8.84. The number of carbonyl (C=O) groups excluding carboxylic acids is 1. The van der Waals surface area contributed by atoms with Crippen LogP contribution in [0.4, 0.5) is 0 Å². The number of hydrogen-bond donors (Lipinski definition) is 1. The number of rotatable bonds is 5. The van der Waals surface area contributed by atoms with Gasteiger partial charge in [0.25, 0.3) is 0 Å². The number of nitrogens with one attached hydrogen (secondary N) is 1. The number of pyridine rings is 1. The van der Waals surface area contributed by atoms with E-state index in [1.807, 2.05) is 54.6 Å². The first-order valence-electron chi connectivity index (χ1n) is 11.2. The highest BCUT2D eigenvalue weighted by Gasteiger charge is 2.48. The molecule has 35 heavy (non-hydrogen) atoms. The average molecular weight is 573 g/mol. The van der Waals surface area contributed by atoms with Crippen LogP contribution in [0.15, 0.2) is 79.1 Å². The number of esters is 1. The van der Waals surface area contributed by atoms with Gasteiger partial charge in [-0.25, -0.2) is 9.97 Å². The van der Waals surface area contributed by atoms with Crippen molar-refractivity contribution in [2.24, 2.45) is 0 Å². The fraction of sp³-hybridized carbons (Fsp3) is 0.148. The topological polar surface area (TPSA) is 93.7 Å². The smallest absolute Gasteiger partial charge is 0.319 e. The number of carbonyl (C=O) groups is 1. The number of hydrogen-bond acceptors (Lipinski definition) is 6. The van der Waals surface area contributed by atoms with E-state index in [0.717, 1.165) is 33.3 Å². The number of halogens is 1. The molecule has 3 heterocycles. The first-order valence-corrected chi connectivity index (χ1v) is 12.3. The van der Waals surface area contributed by atoms with Gasteiger partial charge in [0.1, 0.15) is 12.0 Å². The van der Waals surface area contributed by atoms with Crippen molar-refractivity contribution in [2.45, 2.75) is 24.9 Å². The summed E-state index contributed by atoms with van der Waals surface area (Å²) in [6.07, 6.45) is 4.53. The Morgan fingerprint density at radius 3 is 2.51 bits per heavy atom. The van der Waals surface area contributed by atoms with Crippen LogP contribution in [0.25, 0.3) is 22.3 Å². The second-order valence-corrected chi connectivity index (χ2v) is 9.63. The number of fused-ring (bicyclic) bond motifs is 2. The third kappa shape index (κ3) is 3.97. The molecule has 0 amide bonds. The molecule has 8 heteroatoms. The Labute approximate surface area is 215 Å². The molecule has 0 aliphatic heterocycles. The van der Waals surface area contributed by atoms with Crippen LogP contribution < -0.4 is 0 Å². The molecule has 0 radical (unpaired) electrons. The van der Waals surface area contributed by atoms with Crippen LogP contribution in [-0.2, 0) is 34.4 Å². The molecular weight excluding hydrogens is 553 g/mol. The van der Waals surface area contributed by atoms with E-state index < -0.39 is 5.41 Å². The zero-order chi connectivity index (χ0) is 23.8. The number of benzene rings is 2.